The lowest BCUT2D eigenvalue weighted by Gasteiger charge is -2.39. The molecule has 1 saturated carbocycles. The van der Waals surface area contributed by atoms with Crippen LogP contribution < -0.4 is 10.1 Å². The van der Waals surface area contributed by atoms with Crippen LogP contribution in [0.4, 0.5) is 0 Å². The molecule has 4 aromatic rings. The van der Waals surface area contributed by atoms with Gasteiger partial charge in [0.2, 0.25) is 0 Å². The number of methoxy groups -OCH3 is 1. The number of carbonyl (C=O) groups is 2. The second-order valence-corrected chi connectivity index (χ2v) is 10.4. The predicted molar refractivity (Wildman–Crippen MR) is 143 cm³/mol. The molecular weight excluding hydrogens is 480 g/mol. The molecule has 2 aliphatic rings. The van der Waals surface area contributed by atoms with Crippen molar-refractivity contribution in [3.05, 3.63) is 77.4 Å². The van der Waals surface area contributed by atoms with E-state index in [0.29, 0.717) is 42.4 Å². The number of nitrogens with one attached hydrogen (secondary N) is 1. The molecule has 3 heterocycles. The highest BCUT2D eigenvalue weighted by Gasteiger charge is 2.35. The zero-order chi connectivity index (χ0) is 26.4. The first-order valence-corrected chi connectivity index (χ1v) is 13.1. The van der Waals surface area contributed by atoms with Gasteiger partial charge in [0, 0.05) is 50.6 Å². The second-order valence-electron chi connectivity index (χ2n) is 10.4. The van der Waals surface area contributed by atoms with Crippen molar-refractivity contribution in [3.8, 4) is 5.75 Å². The Kier molecular flexibility index (Phi) is 6.13. The van der Waals surface area contributed by atoms with Gasteiger partial charge in [-0.2, -0.15) is 5.10 Å². The third-order valence-corrected chi connectivity index (χ3v) is 7.83. The number of amides is 2. The van der Waals surface area contributed by atoms with Crippen LogP contribution in [0.15, 0.2) is 54.9 Å². The number of aryl methyl sites for hydroxylation is 2. The van der Waals surface area contributed by atoms with Crippen molar-refractivity contribution >= 4 is 22.8 Å². The Morgan fingerprint density at radius 2 is 1.84 bits per heavy atom. The molecule has 9 nitrogen and oxygen atoms in total. The third kappa shape index (κ3) is 4.42. The predicted octanol–water partition coefficient (Wildman–Crippen LogP) is 3.62. The molecule has 2 amide bonds. The highest BCUT2D eigenvalue weighted by molar-refractivity contribution is 5.99. The van der Waals surface area contributed by atoms with Crippen molar-refractivity contribution in [3.63, 3.8) is 0 Å². The number of fused-ring (bicyclic) bond motifs is 1. The van der Waals surface area contributed by atoms with E-state index in [-0.39, 0.29) is 23.8 Å². The molecule has 0 bridgehead atoms. The maximum Gasteiger partial charge on any atom is 0.269 e. The van der Waals surface area contributed by atoms with E-state index < -0.39 is 0 Å². The van der Waals surface area contributed by atoms with Gasteiger partial charge >= 0.3 is 0 Å². The summed E-state index contributed by atoms with van der Waals surface area (Å²) in [5.41, 5.74) is 4.81. The number of likely N-dealkylation sites (tertiary alicyclic amines) is 1. The summed E-state index contributed by atoms with van der Waals surface area (Å²) in [5, 5.41) is 7.83. The van der Waals surface area contributed by atoms with E-state index in [0.717, 1.165) is 35.1 Å². The molecule has 0 radical (unpaired) electrons. The topological polar surface area (TPSA) is 94.3 Å². The molecule has 9 heteroatoms. The molecule has 2 aromatic heterocycles. The summed E-state index contributed by atoms with van der Waals surface area (Å²) in [6.45, 7) is 1.04. The normalized spacial score (nSPS) is 19.5. The van der Waals surface area contributed by atoms with Crippen LogP contribution in [0, 0.1) is 0 Å². The van der Waals surface area contributed by atoms with E-state index in [2.05, 4.69) is 27.5 Å². The zero-order valence-corrected chi connectivity index (χ0v) is 21.9. The van der Waals surface area contributed by atoms with Crippen LogP contribution in [0.25, 0.3) is 11.0 Å². The quantitative estimate of drug-likeness (QED) is 0.426. The number of imidazole rings is 1. The molecule has 0 unspecified atom stereocenters. The summed E-state index contributed by atoms with van der Waals surface area (Å²) in [7, 11) is 5.32. The maximum atomic E-state index is 13.7. The number of rotatable bonds is 6. The Hall–Kier alpha value is -4.14. The summed E-state index contributed by atoms with van der Waals surface area (Å²) in [6.07, 6.45) is 4.65. The summed E-state index contributed by atoms with van der Waals surface area (Å²) in [5.74, 6) is 0.839. The molecule has 1 saturated heterocycles. The van der Waals surface area contributed by atoms with Crippen LogP contribution in [0.2, 0.25) is 0 Å². The number of hydrogen-bond acceptors (Lipinski definition) is 5. The standard InChI is InChI=1S/C29H32N6O3/c1-33-17-30-27-24(33)13-20(14-26(27)38-3)29(37)35-12-11-22(21(16-35)18-7-5-4-6-8-18)31-28(36)25-15-23(19-9-10-19)32-34(25)2/h4-8,13-15,17,19,21-22H,9-12,16H2,1-3H3,(H,31,36)/t21-,22-/m1/s1. The first kappa shape index (κ1) is 24.2. The minimum atomic E-state index is -0.121. The summed E-state index contributed by atoms with van der Waals surface area (Å²) >= 11 is 0. The summed E-state index contributed by atoms with van der Waals surface area (Å²) in [6, 6.07) is 15.6. The Labute approximate surface area is 221 Å². The maximum absolute atomic E-state index is 13.7. The van der Waals surface area contributed by atoms with Gasteiger partial charge in [-0.3, -0.25) is 14.3 Å². The fraction of sp³-hybridized carbons (Fsp3) is 0.379. The number of hydrogen-bond donors (Lipinski definition) is 1. The van der Waals surface area contributed by atoms with E-state index in [4.69, 9.17) is 4.74 Å². The van der Waals surface area contributed by atoms with Crippen LogP contribution in [-0.2, 0) is 14.1 Å². The van der Waals surface area contributed by atoms with Gasteiger partial charge in [-0.25, -0.2) is 4.98 Å². The van der Waals surface area contributed by atoms with E-state index in [1.165, 1.54) is 0 Å². The van der Waals surface area contributed by atoms with Gasteiger partial charge < -0.3 is 19.5 Å². The Morgan fingerprint density at radius 1 is 1.05 bits per heavy atom. The Balaban J connectivity index is 1.25. The van der Waals surface area contributed by atoms with Crippen molar-refractivity contribution in [2.45, 2.75) is 37.1 Å². The van der Waals surface area contributed by atoms with Gasteiger partial charge in [-0.1, -0.05) is 30.3 Å². The third-order valence-electron chi connectivity index (χ3n) is 7.83. The average molecular weight is 513 g/mol. The Morgan fingerprint density at radius 3 is 2.58 bits per heavy atom. The molecule has 6 rings (SSSR count). The number of carbonyl (C=O) groups excluding carboxylic acids is 2. The monoisotopic (exact) mass is 512 g/mol. The lowest BCUT2D eigenvalue weighted by Crippen LogP contribution is -2.51. The molecule has 1 aliphatic carbocycles. The molecule has 1 N–H and O–H groups in total. The van der Waals surface area contributed by atoms with Crippen LogP contribution in [0.1, 0.15) is 63.2 Å². The number of ether oxygens (including phenoxy) is 1. The number of nitrogens with zero attached hydrogens (tertiary/aromatic N) is 5. The molecule has 0 spiro atoms. The smallest absolute Gasteiger partial charge is 0.269 e. The molecule has 2 atom stereocenters. The minimum Gasteiger partial charge on any atom is -0.494 e. The van der Waals surface area contributed by atoms with Crippen LogP contribution >= 0.6 is 0 Å². The second kappa shape index (κ2) is 9.63. The highest BCUT2D eigenvalue weighted by atomic mass is 16.5. The molecule has 2 fully saturated rings. The summed E-state index contributed by atoms with van der Waals surface area (Å²) < 4.78 is 9.11. The fourth-order valence-electron chi connectivity index (χ4n) is 5.53. The van der Waals surface area contributed by atoms with Crippen LogP contribution in [0.3, 0.4) is 0 Å². The van der Waals surface area contributed by atoms with E-state index in [9.17, 15) is 9.59 Å². The molecule has 38 heavy (non-hydrogen) atoms. The van der Waals surface area contributed by atoms with Crippen molar-refractivity contribution < 1.29 is 14.3 Å². The molecule has 1 aliphatic heterocycles. The van der Waals surface area contributed by atoms with Gasteiger partial charge in [0.1, 0.15) is 17.0 Å². The van der Waals surface area contributed by atoms with Crippen LogP contribution in [-0.4, -0.2) is 62.3 Å². The zero-order valence-electron chi connectivity index (χ0n) is 21.9. The molecule has 2 aromatic carbocycles. The van der Waals surface area contributed by atoms with Crippen molar-refractivity contribution in [2.75, 3.05) is 20.2 Å². The molecular formula is C29H32N6O3. The van der Waals surface area contributed by atoms with Gasteiger partial charge in [0.25, 0.3) is 11.8 Å². The number of piperidine rings is 1. The number of benzene rings is 2. The molecule has 196 valence electrons. The number of aromatic nitrogens is 4. The van der Waals surface area contributed by atoms with Gasteiger partial charge in [-0.15, -0.1) is 0 Å². The fourth-order valence-corrected chi connectivity index (χ4v) is 5.53. The average Bonchev–Trinajstić information content (AvgIpc) is 3.62. The van der Waals surface area contributed by atoms with Gasteiger partial charge in [0.05, 0.1) is 24.6 Å². The first-order valence-electron chi connectivity index (χ1n) is 13.1. The SMILES string of the molecule is COc1cc(C(=O)N2CC[C@@H](NC(=O)c3cc(C4CC4)nn3C)[C@@H](c3ccccc3)C2)cc2c1ncn2C. The first-order chi connectivity index (χ1) is 18.4. The van der Waals surface area contributed by atoms with Crippen LogP contribution in [0.5, 0.6) is 5.75 Å². The summed E-state index contributed by atoms with van der Waals surface area (Å²) in [4.78, 5) is 33.3. The largest absolute Gasteiger partial charge is 0.494 e. The van der Waals surface area contributed by atoms with E-state index in [1.807, 2.05) is 53.9 Å². The lowest BCUT2D eigenvalue weighted by atomic mass is 9.85. The highest BCUT2D eigenvalue weighted by Crippen LogP contribution is 2.39. The van der Waals surface area contributed by atoms with Crippen molar-refractivity contribution in [1.29, 1.82) is 0 Å². The van der Waals surface area contributed by atoms with Crippen molar-refractivity contribution in [2.24, 2.45) is 14.1 Å². The van der Waals surface area contributed by atoms with E-state index in [1.54, 1.807) is 24.2 Å². The van der Waals surface area contributed by atoms with E-state index >= 15 is 0 Å². The lowest BCUT2D eigenvalue weighted by molar-refractivity contribution is 0.0670. The van der Waals surface area contributed by atoms with Gasteiger partial charge in [-0.05, 0) is 43.0 Å². The Bertz CT molecular complexity index is 1500. The minimum absolute atomic E-state index is 0.0451. The van der Waals surface area contributed by atoms with Gasteiger partial charge in [0.15, 0.2) is 0 Å². The van der Waals surface area contributed by atoms with Crippen molar-refractivity contribution in [1.82, 2.24) is 29.5 Å².